The Hall–Kier alpha value is -3.61. The number of ether oxygens (including phenoxy) is 1. The Balaban J connectivity index is 1.43. The Kier molecular flexibility index (Phi) is 5.84. The summed E-state index contributed by atoms with van der Waals surface area (Å²) < 4.78 is 23.2. The summed E-state index contributed by atoms with van der Waals surface area (Å²) in [7, 11) is 0. The third kappa shape index (κ3) is 5.43. The van der Waals surface area contributed by atoms with E-state index in [1.54, 1.807) is 48.5 Å². The first-order chi connectivity index (χ1) is 13.1. The molecule has 2 N–H and O–H groups in total. The maximum atomic E-state index is 12.8. The Morgan fingerprint density at radius 3 is 2.41 bits per heavy atom. The van der Waals surface area contributed by atoms with Crippen LogP contribution in [-0.2, 0) is 11.3 Å². The molecule has 3 rings (SSSR count). The summed E-state index contributed by atoms with van der Waals surface area (Å²) in [5.41, 5.74) is 1.37. The minimum Gasteiger partial charge on any atom is -0.484 e. The summed E-state index contributed by atoms with van der Waals surface area (Å²) >= 11 is 0. The van der Waals surface area contributed by atoms with Crippen LogP contribution in [-0.4, -0.2) is 18.4 Å². The zero-order valence-electron chi connectivity index (χ0n) is 14.3. The van der Waals surface area contributed by atoms with Crippen LogP contribution in [0.1, 0.15) is 16.1 Å². The van der Waals surface area contributed by atoms with Crippen LogP contribution in [0.2, 0.25) is 0 Å². The van der Waals surface area contributed by atoms with E-state index in [4.69, 9.17) is 9.15 Å². The molecule has 1 heterocycles. The lowest BCUT2D eigenvalue weighted by Crippen LogP contribution is -2.28. The number of hydrogen-bond donors (Lipinski definition) is 2. The van der Waals surface area contributed by atoms with Gasteiger partial charge in [-0.3, -0.25) is 9.59 Å². The van der Waals surface area contributed by atoms with E-state index in [0.717, 1.165) is 5.56 Å². The van der Waals surface area contributed by atoms with Crippen LogP contribution >= 0.6 is 0 Å². The highest BCUT2D eigenvalue weighted by molar-refractivity contribution is 6.02. The third-order valence-electron chi connectivity index (χ3n) is 3.63. The van der Waals surface area contributed by atoms with Gasteiger partial charge >= 0.3 is 0 Å². The second-order valence-corrected chi connectivity index (χ2v) is 5.65. The first kappa shape index (κ1) is 18.2. The van der Waals surface area contributed by atoms with Crippen molar-refractivity contribution in [2.24, 2.45) is 0 Å². The van der Waals surface area contributed by atoms with Crippen molar-refractivity contribution in [3.05, 3.63) is 84.1 Å². The molecule has 27 heavy (non-hydrogen) atoms. The van der Waals surface area contributed by atoms with Gasteiger partial charge in [0.1, 0.15) is 11.6 Å². The van der Waals surface area contributed by atoms with Crippen molar-refractivity contribution in [3.63, 3.8) is 0 Å². The van der Waals surface area contributed by atoms with Gasteiger partial charge in [-0.15, -0.1) is 0 Å². The van der Waals surface area contributed by atoms with E-state index >= 15 is 0 Å². The summed E-state index contributed by atoms with van der Waals surface area (Å²) in [6.45, 7) is 0.138. The van der Waals surface area contributed by atoms with Gasteiger partial charge in [0.25, 0.3) is 11.8 Å². The average molecular weight is 368 g/mol. The Bertz CT molecular complexity index is 891. The van der Waals surface area contributed by atoms with E-state index in [0.29, 0.717) is 18.0 Å². The van der Waals surface area contributed by atoms with Crippen molar-refractivity contribution in [2.75, 3.05) is 11.9 Å². The Morgan fingerprint density at radius 2 is 1.74 bits per heavy atom. The number of carbonyl (C=O) groups excluding carboxylic acids is 2. The summed E-state index contributed by atoms with van der Waals surface area (Å²) in [6, 6.07) is 15.7. The van der Waals surface area contributed by atoms with Crippen molar-refractivity contribution < 1.29 is 23.1 Å². The first-order valence-corrected chi connectivity index (χ1v) is 8.19. The maximum absolute atomic E-state index is 12.8. The molecule has 2 aromatic carbocycles. The van der Waals surface area contributed by atoms with Crippen LogP contribution < -0.4 is 15.4 Å². The van der Waals surface area contributed by atoms with Gasteiger partial charge in [-0.05, 0) is 54.1 Å². The molecule has 6 nitrogen and oxygen atoms in total. The van der Waals surface area contributed by atoms with Crippen LogP contribution in [0.4, 0.5) is 10.1 Å². The number of hydrogen-bond acceptors (Lipinski definition) is 4. The fourth-order valence-corrected chi connectivity index (χ4v) is 2.24. The van der Waals surface area contributed by atoms with Crippen molar-refractivity contribution in [2.45, 2.75) is 6.54 Å². The number of amides is 2. The number of rotatable bonds is 7. The van der Waals surface area contributed by atoms with E-state index in [1.807, 2.05) is 0 Å². The number of furan rings is 1. The second-order valence-electron chi connectivity index (χ2n) is 5.65. The molecule has 0 unspecified atom stereocenters. The SMILES string of the molecule is O=C(COc1ccc(NC(=O)c2ccco2)cc1)NCc1ccc(F)cc1. The molecular weight excluding hydrogens is 351 g/mol. The monoisotopic (exact) mass is 368 g/mol. The molecule has 0 bridgehead atoms. The van der Waals surface area contributed by atoms with Gasteiger partial charge in [-0.2, -0.15) is 0 Å². The molecule has 0 radical (unpaired) electrons. The van der Waals surface area contributed by atoms with Gasteiger partial charge in [0, 0.05) is 12.2 Å². The quantitative estimate of drug-likeness (QED) is 0.670. The van der Waals surface area contributed by atoms with Gasteiger partial charge in [0.2, 0.25) is 0 Å². The van der Waals surface area contributed by atoms with Crippen molar-refractivity contribution in [3.8, 4) is 5.75 Å². The molecule has 0 aliphatic rings. The summed E-state index contributed by atoms with van der Waals surface area (Å²) in [5, 5.41) is 5.37. The first-order valence-electron chi connectivity index (χ1n) is 8.19. The number of benzene rings is 2. The third-order valence-corrected chi connectivity index (χ3v) is 3.63. The summed E-state index contributed by atoms with van der Waals surface area (Å²) in [6.07, 6.45) is 1.42. The predicted molar refractivity (Wildman–Crippen MR) is 96.8 cm³/mol. The van der Waals surface area contributed by atoms with Crippen LogP contribution in [0, 0.1) is 5.82 Å². The lowest BCUT2D eigenvalue weighted by Gasteiger charge is -2.09. The van der Waals surface area contributed by atoms with E-state index in [2.05, 4.69) is 10.6 Å². The number of nitrogens with one attached hydrogen (secondary N) is 2. The molecule has 0 aliphatic carbocycles. The van der Waals surface area contributed by atoms with Crippen molar-refractivity contribution in [1.29, 1.82) is 0 Å². The van der Waals surface area contributed by atoms with E-state index in [1.165, 1.54) is 18.4 Å². The molecule has 0 saturated heterocycles. The molecule has 7 heteroatoms. The number of anilines is 1. The van der Waals surface area contributed by atoms with E-state index in [9.17, 15) is 14.0 Å². The van der Waals surface area contributed by atoms with Crippen LogP contribution in [0.3, 0.4) is 0 Å². The summed E-state index contributed by atoms with van der Waals surface area (Å²) in [5.74, 6) is -0.267. The van der Waals surface area contributed by atoms with Crippen LogP contribution in [0.25, 0.3) is 0 Å². The minimum absolute atomic E-state index is 0.153. The molecule has 3 aromatic rings. The highest BCUT2D eigenvalue weighted by atomic mass is 19.1. The molecular formula is C20H17FN2O4. The van der Waals surface area contributed by atoms with Gasteiger partial charge in [-0.1, -0.05) is 12.1 Å². The highest BCUT2D eigenvalue weighted by Crippen LogP contribution is 2.16. The van der Waals surface area contributed by atoms with Crippen molar-refractivity contribution >= 4 is 17.5 Å². The molecule has 2 amide bonds. The fourth-order valence-electron chi connectivity index (χ4n) is 2.24. The largest absolute Gasteiger partial charge is 0.484 e. The van der Waals surface area contributed by atoms with E-state index < -0.39 is 0 Å². The number of carbonyl (C=O) groups is 2. The zero-order chi connectivity index (χ0) is 19.1. The molecule has 0 saturated carbocycles. The molecule has 0 atom stereocenters. The average Bonchev–Trinajstić information content (AvgIpc) is 3.22. The topological polar surface area (TPSA) is 80.6 Å². The fraction of sp³-hybridized carbons (Fsp3) is 0.100. The van der Waals surface area contributed by atoms with Gasteiger partial charge in [-0.25, -0.2) is 4.39 Å². The number of halogens is 1. The highest BCUT2D eigenvalue weighted by Gasteiger charge is 2.09. The molecule has 0 aliphatic heterocycles. The standard InChI is InChI=1S/C20H17FN2O4/c21-15-5-3-14(4-6-15)12-22-19(24)13-27-17-9-7-16(8-10-17)23-20(25)18-2-1-11-26-18/h1-11H,12-13H2,(H,22,24)(H,23,25). The normalized spacial score (nSPS) is 10.3. The van der Waals surface area contributed by atoms with Crippen LogP contribution in [0.5, 0.6) is 5.75 Å². The van der Waals surface area contributed by atoms with Crippen molar-refractivity contribution in [1.82, 2.24) is 5.32 Å². The maximum Gasteiger partial charge on any atom is 0.291 e. The molecule has 1 aromatic heterocycles. The zero-order valence-corrected chi connectivity index (χ0v) is 14.3. The summed E-state index contributed by atoms with van der Waals surface area (Å²) in [4.78, 5) is 23.7. The Labute approximate surface area is 155 Å². The second kappa shape index (κ2) is 8.66. The molecule has 0 spiro atoms. The molecule has 0 fully saturated rings. The van der Waals surface area contributed by atoms with Gasteiger partial charge in [0.15, 0.2) is 12.4 Å². The molecule has 138 valence electrons. The predicted octanol–water partition coefficient (Wildman–Crippen LogP) is 3.37. The minimum atomic E-state index is -0.353. The Morgan fingerprint density at radius 1 is 1.00 bits per heavy atom. The smallest absolute Gasteiger partial charge is 0.291 e. The van der Waals surface area contributed by atoms with Gasteiger partial charge in [0.05, 0.1) is 6.26 Å². The van der Waals surface area contributed by atoms with E-state index in [-0.39, 0.29) is 30.0 Å². The lowest BCUT2D eigenvalue weighted by atomic mass is 10.2. The lowest BCUT2D eigenvalue weighted by molar-refractivity contribution is -0.123. The van der Waals surface area contributed by atoms with Gasteiger partial charge < -0.3 is 19.8 Å². The van der Waals surface area contributed by atoms with Crippen LogP contribution in [0.15, 0.2) is 71.3 Å².